The molecule has 3 nitrogen and oxygen atoms in total. The lowest BCUT2D eigenvalue weighted by Crippen LogP contribution is -1.87. The lowest BCUT2D eigenvalue weighted by atomic mass is 10.2. The van der Waals surface area contributed by atoms with E-state index in [1.54, 1.807) is 11.7 Å². The second-order valence-corrected chi connectivity index (χ2v) is 3.64. The minimum absolute atomic E-state index is 0.755. The lowest BCUT2D eigenvalue weighted by Gasteiger charge is -1.98. The zero-order valence-corrected chi connectivity index (χ0v) is 8.01. The molecule has 0 aromatic carbocycles. The van der Waals surface area contributed by atoms with E-state index in [0.717, 1.165) is 22.0 Å². The van der Waals surface area contributed by atoms with Crippen LogP contribution in [0.1, 0.15) is 5.69 Å². The molecule has 0 aliphatic heterocycles. The van der Waals surface area contributed by atoms with Crippen molar-refractivity contribution in [2.75, 3.05) is 5.73 Å². The standard InChI is InChI=1S/C9H9N3S/c1-6-4-7(2-3-11-6)8-9(10)13-5-12-8/h2-5H,10H2,1H3. The summed E-state index contributed by atoms with van der Waals surface area (Å²) in [5.74, 6) is 0. The number of thiazole rings is 1. The van der Waals surface area contributed by atoms with E-state index in [1.165, 1.54) is 11.3 Å². The Morgan fingerprint density at radius 1 is 1.38 bits per heavy atom. The number of nitrogen functional groups attached to an aromatic ring is 1. The monoisotopic (exact) mass is 191 g/mol. The van der Waals surface area contributed by atoms with E-state index in [9.17, 15) is 0 Å². The van der Waals surface area contributed by atoms with Gasteiger partial charge in [-0.1, -0.05) is 0 Å². The maximum atomic E-state index is 5.76. The van der Waals surface area contributed by atoms with Gasteiger partial charge >= 0.3 is 0 Å². The number of nitrogens with zero attached hydrogens (tertiary/aromatic N) is 2. The Morgan fingerprint density at radius 3 is 2.85 bits per heavy atom. The molecule has 0 bridgehead atoms. The van der Waals surface area contributed by atoms with E-state index in [1.807, 2.05) is 19.1 Å². The van der Waals surface area contributed by atoms with Crippen molar-refractivity contribution < 1.29 is 0 Å². The summed E-state index contributed by atoms with van der Waals surface area (Å²) >= 11 is 1.45. The molecule has 0 saturated heterocycles. The summed E-state index contributed by atoms with van der Waals surface area (Å²) in [4.78, 5) is 8.31. The summed E-state index contributed by atoms with van der Waals surface area (Å²) in [6.07, 6.45) is 1.77. The van der Waals surface area contributed by atoms with Gasteiger partial charge in [0.05, 0.1) is 5.51 Å². The van der Waals surface area contributed by atoms with Crippen molar-refractivity contribution in [3.63, 3.8) is 0 Å². The van der Waals surface area contributed by atoms with Crippen LogP contribution in [0.25, 0.3) is 11.3 Å². The van der Waals surface area contributed by atoms with Crippen LogP contribution in [0.15, 0.2) is 23.8 Å². The van der Waals surface area contributed by atoms with E-state index in [4.69, 9.17) is 5.73 Å². The first-order chi connectivity index (χ1) is 6.27. The fraction of sp³-hybridized carbons (Fsp3) is 0.111. The third-order valence-corrected chi connectivity index (χ3v) is 2.42. The third kappa shape index (κ3) is 1.53. The molecule has 2 N–H and O–H groups in total. The SMILES string of the molecule is Cc1cc(-c2ncsc2N)ccn1. The molecule has 0 spiro atoms. The second kappa shape index (κ2) is 3.14. The van der Waals surface area contributed by atoms with Crippen molar-refractivity contribution >= 4 is 16.3 Å². The quantitative estimate of drug-likeness (QED) is 0.751. The van der Waals surface area contributed by atoms with E-state index in [-0.39, 0.29) is 0 Å². The summed E-state index contributed by atoms with van der Waals surface area (Å²) in [6.45, 7) is 1.95. The van der Waals surface area contributed by atoms with Gasteiger partial charge in [0.25, 0.3) is 0 Å². The molecule has 0 aliphatic rings. The Balaban J connectivity index is 2.53. The molecule has 0 atom stereocenters. The van der Waals surface area contributed by atoms with Gasteiger partial charge in [0.1, 0.15) is 10.7 Å². The highest BCUT2D eigenvalue weighted by Crippen LogP contribution is 2.27. The Bertz CT molecular complexity index is 422. The molecule has 0 radical (unpaired) electrons. The molecular weight excluding hydrogens is 182 g/mol. The van der Waals surface area contributed by atoms with Gasteiger partial charge in [-0.3, -0.25) is 4.98 Å². The maximum absolute atomic E-state index is 5.76. The van der Waals surface area contributed by atoms with Gasteiger partial charge in [0.15, 0.2) is 0 Å². The fourth-order valence-corrected chi connectivity index (χ4v) is 1.72. The summed E-state index contributed by atoms with van der Waals surface area (Å²) in [7, 11) is 0. The Kier molecular flexibility index (Phi) is 1.98. The van der Waals surface area contributed by atoms with Crippen LogP contribution < -0.4 is 5.73 Å². The van der Waals surface area contributed by atoms with E-state index in [0.29, 0.717) is 0 Å². The van der Waals surface area contributed by atoms with Crippen LogP contribution >= 0.6 is 11.3 Å². The van der Waals surface area contributed by atoms with E-state index < -0.39 is 0 Å². The summed E-state index contributed by atoms with van der Waals surface area (Å²) in [6, 6.07) is 3.89. The smallest absolute Gasteiger partial charge is 0.114 e. The Hall–Kier alpha value is -1.42. The van der Waals surface area contributed by atoms with Crippen LogP contribution in [0, 0.1) is 6.92 Å². The number of aryl methyl sites for hydroxylation is 1. The largest absolute Gasteiger partial charge is 0.389 e. The van der Waals surface area contributed by atoms with Crippen LogP contribution in [0.3, 0.4) is 0 Å². The summed E-state index contributed by atoms with van der Waals surface area (Å²) in [5, 5.41) is 0.755. The predicted molar refractivity (Wildman–Crippen MR) is 54.5 cm³/mol. The molecule has 2 aromatic rings. The highest BCUT2D eigenvalue weighted by Gasteiger charge is 2.04. The second-order valence-electron chi connectivity index (χ2n) is 2.75. The van der Waals surface area contributed by atoms with Gasteiger partial charge in [-0.05, 0) is 19.1 Å². The van der Waals surface area contributed by atoms with Crippen LogP contribution in [0.4, 0.5) is 5.00 Å². The number of hydrogen-bond donors (Lipinski definition) is 1. The lowest BCUT2D eigenvalue weighted by molar-refractivity contribution is 1.20. The molecule has 0 amide bonds. The van der Waals surface area contributed by atoms with Crippen molar-refractivity contribution in [1.82, 2.24) is 9.97 Å². The molecule has 4 heteroatoms. The van der Waals surface area contributed by atoms with Crippen LogP contribution in [-0.4, -0.2) is 9.97 Å². The molecule has 0 aliphatic carbocycles. The first-order valence-corrected chi connectivity index (χ1v) is 4.77. The average molecular weight is 191 g/mol. The molecule has 0 unspecified atom stereocenters. The van der Waals surface area contributed by atoms with Gasteiger partial charge in [-0.25, -0.2) is 4.98 Å². The van der Waals surface area contributed by atoms with Crippen molar-refractivity contribution in [3.8, 4) is 11.3 Å². The average Bonchev–Trinajstić information content (AvgIpc) is 2.51. The van der Waals surface area contributed by atoms with Gasteiger partial charge < -0.3 is 5.73 Å². The fourth-order valence-electron chi connectivity index (χ4n) is 1.16. The molecule has 2 heterocycles. The van der Waals surface area contributed by atoms with Crippen LogP contribution in [0.2, 0.25) is 0 Å². The van der Waals surface area contributed by atoms with Gasteiger partial charge in [0.2, 0.25) is 0 Å². The molecule has 0 saturated carbocycles. The first kappa shape index (κ1) is 8.19. The van der Waals surface area contributed by atoms with Crippen LogP contribution in [0.5, 0.6) is 0 Å². The van der Waals surface area contributed by atoms with Gasteiger partial charge in [-0.15, -0.1) is 11.3 Å². The van der Waals surface area contributed by atoms with E-state index >= 15 is 0 Å². The van der Waals surface area contributed by atoms with Gasteiger partial charge in [-0.2, -0.15) is 0 Å². The predicted octanol–water partition coefficient (Wildman–Crippen LogP) is 2.10. The Labute approximate surface area is 80.3 Å². The number of pyridine rings is 1. The molecule has 2 rings (SSSR count). The number of rotatable bonds is 1. The number of nitrogens with two attached hydrogens (primary N) is 1. The number of anilines is 1. The first-order valence-electron chi connectivity index (χ1n) is 3.89. The number of hydrogen-bond acceptors (Lipinski definition) is 4. The third-order valence-electron chi connectivity index (χ3n) is 1.76. The molecule has 13 heavy (non-hydrogen) atoms. The minimum atomic E-state index is 0.755. The summed E-state index contributed by atoms with van der Waals surface area (Å²) < 4.78 is 0. The highest BCUT2D eigenvalue weighted by atomic mass is 32.1. The minimum Gasteiger partial charge on any atom is -0.389 e. The maximum Gasteiger partial charge on any atom is 0.114 e. The zero-order valence-electron chi connectivity index (χ0n) is 7.19. The van der Waals surface area contributed by atoms with Crippen molar-refractivity contribution in [2.24, 2.45) is 0 Å². The van der Waals surface area contributed by atoms with Crippen molar-refractivity contribution in [3.05, 3.63) is 29.5 Å². The van der Waals surface area contributed by atoms with Gasteiger partial charge in [0, 0.05) is 17.5 Å². The highest BCUT2D eigenvalue weighted by molar-refractivity contribution is 7.14. The van der Waals surface area contributed by atoms with Crippen LogP contribution in [-0.2, 0) is 0 Å². The molecule has 2 aromatic heterocycles. The normalized spacial score (nSPS) is 10.2. The topological polar surface area (TPSA) is 51.8 Å². The zero-order chi connectivity index (χ0) is 9.26. The molecule has 0 fully saturated rings. The van der Waals surface area contributed by atoms with Crippen molar-refractivity contribution in [2.45, 2.75) is 6.92 Å². The van der Waals surface area contributed by atoms with E-state index in [2.05, 4.69) is 9.97 Å². The van der Waals surface area contributed by atoms with Crippen molar-refractivity contribution in [1.29, 1.82) is 0 Å². The molecule has 66 valence electrons. The molecular formula is C9H9N3S. The summed E-state index contributed by atoms with van der Waals surface area (Å²) in [5.41, 5.74) is 10.4. The number of aromatic nitrogens is 2. The Morgan fingerprint density at radius 2 is 2.23 bits per heavy atom.